The van der Waals surface area contributed by atoms with Crippen LogP contribution in [-0.2, 0) is 14.8 Å². The lowest BCUT2D eigenvalue weighted by Crippen LogP contribution is -2.50. The summed E-state index contributed by atoms with van der Waals surface area (Å²) in [6.45, 7) is 1.09. The number of hydrogen-bond acceptors (Lipinski definition) is 5. The fourth-order valence-corrected chi connectivity index (χ4v) is 4.04. The lowest BCUT2D eigenvalue weighted by atomic mass is 10.3. The van der Waals surface area contributed by atoms with E-state index in [2.05, 4.69) is 20.7 Å². The van der Waals surface area contributed by atoms with Crippen molar-refractivity contribution in [2.45, 2.75) is 4.90 Å². The Morgan fingerprint density at radius 3 is 2.43 bits per heavy atom. The van der Waals surface area contributed by atoms with Crippen molar-refractivity contribution in [1.82, 2.24) is 9.21 Å². The summed E-state index contributed by atoms with van der Waals surface area (Å²) in [5, 5.41) is 0. The Hall–Kier alpha value is -1.32. The minimum absolute atomic E-state index is 0.176. The van der Waals surface area contributed by atoms with Crippen molar-refractivity contribution >= 4 is 37.7 Å². The Balaban J connectivity index is 2.14. The van der Waals surface area contributed by atoms with Gasteiger partial charge >= 0.3 is 6.09 Å². The molecule has 0 aliphatic carbocycles. The zero-order valence-corrected chi connectivity index (χ0v) is 13.9. The van der Waals surface area contributed by atoms with E-state index in [0.29, 0.717) is 23.2 Å². The quantitative estimate of drug-likeness (QED) is 0.779. The van der Waals surface area contributed by atoms with Gasteiger partial charge in [-0.15, -0.1) is 0 Å². The second kappa shape index (κ2) is 6.20. The van der Waals surface area contributed by atoms with Gasteiger partial charge in [0.1, 0.15) is 0 Å². The van der Waals surface area contributed by atoms with E-state index in [0.717, 1.165) is 0 Å². The SMILES string of the molecule is COC(=O)N1CCN(S(=O)(=O)c2ccc(N)c(Br)c2)CC1. The third-order valence-corrected chi connectivity index (χ3v) is 5.86. The van der Waals surface area contributed by atoms with Crippen LogP contribution in [-0.4, -0.2) is 57.0 Å². The molecule has 1 aromatic rings. The first-order valence-electron chi connectivity index (χ1n) is 6.24. The normalized spacial score (nSPS) is 16.8. The Kier molecular flexibility index (Phi) is 4.74. The third kappa shape index (κ3) is 3.30. The fourth-order valence-electron chi connectivity index (χ4n) is 2.06. The molecule has 2 N–H and O–H groups in total. The number of nitrogens with zero attached hydrogens (tertiary/aromatic N) is 2. The topological polar surface area (TPSA) is 92.9 Å². The monoisotopic (exact) mass is 377 g/mol. The number of rotatable bonds is 2. The molecule has 7 nitrogen and oxygen atoms in total. The maximum atomic E-state index is 12.5. The molecule has 1 aromatic carbocycles. The Labute approximate surface area is 131 Å². The van der Waals surface area contributed by atoms with E-state index in [1.807, 2.05) is 0 Å². The fraction of sp³-hybridized carbons (Fsp3) is 0.417. The van der Waals surface area contributed by atoms with Crippen molar-refractivity contribution in [3.63, 3.8) is 0 Å². The van der Waals surface area contributed by atoms with E-state index in [1.54, 1.807) is 6.07 Å². The first kappa shape index (κ1) is 16.1. The molecule has 0 saturated carbocycles. The highest BCUT2D eigenvalue weighted by molar-refractivity contribution is 9.10. The molecule has 0 bridgehead atoms. The molecule has 21 heavy (non-hydrogen) atoms. The first-order valence-corrected chi connectivity index (χ1v) is 8.47. The van der Waals surface area contributed by atoms with Gasteiger partial charge in [0.15, 0.2) is 0 Å². The smallest absolute Gasteiger partial charge is 0.409 e. The summed E-state index contributed by atoms with van der Waals surface area (Å²) >= 11 is 3.22. The molecule has 1 aliphatic heterocycles. The van der Waals surface area contributed by atoms with Crippen LogP contribution in [0.4, 0.5) is 10.5 Å². The number of amides is 1. The molecular weight excluding hydrogens is 362 g/mol. The van der Waals surface area contributed by atoms with Crippen LogP contribution >= 0.6 is 15.9 Å². The zero-order chi connectivity index (χ0) is 15.6. The Bertz CT molecular complexity index is 642. The van der Waals surface area contributed by atoms with Gasteiger partial charge in [-0.3, -0.25) is 0 Å². The average molecular weight is 378 g/mol. The predicted octanol–water partition coefficient (Wildman–Crippen LogP) is 1.10. The van der Waals surface area contributed by atoms with Gasteiger partial charge in [0.2, 0.25) is 10.0 Å². The predicted molar refractivity (Wildman–Crippen MR) is 81.3 cm³/mol. The molecule has 9 heteroatoms. The van der Waals surface area contributed by atoms with Crippen LogP contribution in [0.15, 0.2) is 27.6 Å². The van der Waals surface area contributed by atoms with Crippen LogP contribution in [0.5, 0.6) is 0 Å². The second-order valence-electron chi connectivity index (χ2n) is 4.54. The molecule has 1 amide bonds. The molecule has 1 saturated heterocycles. The van der Waals surface area contributed by atoms with Crippen LogP contribution in [0.2, 0.25) is 0 Å². The minimum Gasteiger partial charge on any atom is -0.453 e. The summed E-state index contributed by atoms with van der Waals surface area (Å²) in [5.41, 5.74) is 6.14. The molecule has 2 rings (SSSR count). The molecule has 0 aromatic heterocycles. The number of ether oxygens (including phenoxy) is 1. The van der Waals surface area contributed by atoms with Gasteiger partial charge in [0, 0.05) is 36.3 Å². The molecular formula is C12H16BrN3O4S. The summed E-state index contributed by atoms with van der Waals surface area (Å²) in [5.74, 6) is 0. The molecule has 116 valence electrons. The van der Waals surface area contributed by atoms with Gasteiger partial charge in [-0.1, -0.05) is 0 Å². The lowest BCUT2D eigenvalue weighted by Gasteiger charge is -2.33. The lowest BCUT2D eigenvalue weighted by molar-refractivity contribution is 0.108. The molecule has 0 atom stereocenters. The van der Waals surface area contributed by atoms with E-state index in [-0.39, 0.29) is 18.0 Å². The molecule has 0 unspecified atom stereocenters. The van der Waals surface area contributed by atoms with Gasteiger partial charge in [-0.2, -0.15) is 4.31 Å². The molecule has 1 heterocycles. The van der Waals surface area contributed by atoms with Gasteiger partial charge in [-0.25, -0.2) is 13.2 Å². The number of carbonyl (C=O) groups excluding carboxylic acids is 1. The summed E-state index contributed by atoms with van der Waals surface area (Å²) in [6, 6.07) is 4.50. The van der Waals surface area contributed by atoms with Gasteiger partial charge in [0.05, 0.1) is 12.0 Å². The zero-order valence-electron chi connectivity index (χ0n) is 11.5. The largest absolute Gasteiger partial charge is 0.453 e. The van der Waals surface area contributed by atoms with Crippen LogP contribution in [0, 0.1) is 0 Å². The summed E-state index contributed by atoms with van der Waals surface area (Å²) in [4.78, 5) is 13.0. The third-order valence-electron chi connectivity index (χ3n) is 3.28. The molecule has 1 aliphatic rings. The summed E-state index contributed by atoms with van der Waals surface area (Å²) < 4.78 is 31.6. The summed E-state index contributed by atoms with van der Waals surface area (Å²) in [6.07, 6.45) is -0.442. The van der Waals surface area contributed by atoms with Gasteiger partial charge in [0.25, 0.3) is 0 Å². The Morgan fingerprint density at radius 2 is 1.90 bits per heavy atom. The van der Waals surface area contributed by atoms with E-state index in [9.17, 15) is 13.2 Å². The highest BCUT2D eigenvalue weighted by atomic mass is 79.9. The number of hydrogen-bond donors (Lipinski definition) is 1. The van der Waals surface area contributed by atoms with Crippen molar-refractivity contribution in [3.8, 4) is 0 Å². The Morgan fingerprint density at radius 1 is 1.29 bits per heavy atom. The van der Waals surface area contributed by atoms with Crippen LogP contribution < -0.4 is 5.73 Å². The number of nitrogen functional groups attached to an aromatic ring is 1. The van der Waals surface area contributed by atoms with E-state index < -0.39 is 16.1 Å². The number of halogens is 1. The maximum Gasteiger partial charge on any atom is 0.409 e. The van der Waals surface area contributed by atoms with Gasteiger partial charge < -0.3 is 15.4 Å². The number of piperazine rings is 1. The molecule has 0 radical (unpaired) electrons. The highest BCUT2D eigenvalue weighted by Gasteiger charge is 2.30. The number of anilines is 1. The van der Waals surface area contributed by atoms with Crippen molar-refractivity contribution in [1.29, 1.82) is 0 Å². The van der Waals surface area contributed by atoms with Crippen molar-refractivity contribution < 1.29 is 17.9 Å². The van der Waals surface area contributed by atoms with Crippen molar-refractivity contribution in [3.05, 3.63) is 22.7 Å². The highest BCUT2D eigenvalue weighted by Crippen LogP contribution is 2.25. The maximum absolute atomic E-state index is 12.5. The molecule has 1 fully saturated rings. The van der Waals surface area contributed by atoms with E-state index >= 15 is 0 Å². The van der Waals surface area contributed by atoms with E-state index in [4.69, 9.17) is 5.73 Å². The first-order chi connectivity index (χ1) is 9.86. The number of benzene rings is 1. The van der Waals surface area contributed by atoms with Crippen LogP contribution in [0.25, 0.3) is 0 Å². The summed E-state index contributed by atoms with van der Waals surface area (Å²) in [7, 11) is -2.29. The minimum atomic E-state index is -3.59. The molecule has 0 spiro atoms. The number of carbonyl (C=O) groups is 1. The van der Waals surface area contributed by atoms with Crippen LogP contribution in [0.3, 0.4) is 0 Å². The second-order valence-corrected chi connectivity index (χ2v) is 7.34. The van der Waals surface area contributed by atoms with Crippen molar-refractivity contribution in [2.24, 2.45) is 0 Å². The number of sulfonamides is 1. The van der Waals surface area contributed by atoms with E-state index in [1.165, 1.54) is 28.4 Å². The average Bonchev–Trinajstić information content (AvgIpc) is 2.49. The number of nitrogens with two attached hydrogens (primary N) is 1. The van der Waals surface area contributed by atoms with Gasteiger partial charge in [-0.05, 0) is 34.1 Å². The van der Waals surface area contributed by atoms with Crippen LogP contribution in [0.1, 0.15) is 0 Å². The number of methoxy groups -OCH3 is 1. The van der Waals surface area contributed by atoms with Crippen molar-refractivity contribution in [2.75, 3.05) is 39.0 Å². The standard InChI is InChI=1S/C12H16BrN3O4S/c1-20-12(17)15-4-6-16(7-5-15)21(18,19)9-2-3-11(14)10(13)8-9/h2-3,8H,4-7,14H2,1H3.